The average Bonchev–Trinajstić information content (AvgIpc) is 2.68. The number of carbonyl (C=O) groups is 1. The van der Waals surface area contributed by atoms with Gasteiger partial charge in [-0.3, -0.25) is 4.79 Å². The highest BCUT2D eigenvalue weighted by atomic mass is 35.5. The molecular weight excluding hydrogens is 230 g/mol. The lowest BCUT2D eigenvalue weighted by molar-refractivity contribution is 0.102. The van der Waals surface area contributed by atoms with Crippen molar-refractivity contribution in [3.63, 3.8) is 0 Å². The van der Waals surface area contributed by atoms with E-state index in [4.69, 9.17) is 17.3 Å². The number of aromatic amines is 1. The van der Waals surface area contributed by atoms with Crippen molar-refractivity contribution < 1.29 is 4.79 Å². The van der Waals surface area contributed by atoms with Gasteiger partial charge in [0.25, 0.3) is 5.91 Å². The summed E-state index contributed by atoms with van der Waals surface area (Å²) in [5, 5.41) is 12.7. The minimum atomic E-state index is -0.423. The number of amides is 1. The highest BCUT2D eigenvalue weighted by Gasteiger charge is 2.13. The van der Waals surface area contributed by atoms with Crippen LogP contribution in [0.2, 0.25) is 5.02 Å². The van der Waals surface area contributed by atoms with E-state index in [1.54, 1.807) is 24.3 Å². The van der Waals surface area contributed by atoms with Gasteiger partial charge in [0.1, 0.15) is 0 Å². The monoisotopic (exact) mass is 237 g/mol. The first kappa shape index (κ1) is 10.4. The van der Waals surface area contributed by atoms with Crippen molar-refractivity contribution in [2.75, 3.05) is 11.1 Å². The molecule has 1 aromatic carbocycles. The van der Waals surface area contributed by atoms with Crippen LogP contribution in [0.1, 0.15) is 10.5 Å². The quantitative estimate of drug-likeness (QED) is 0.733. The maximum absolute atomic E-state index is 11.6. The van der Waals surface area contributed by atoms with Gasteiger partial charge in [-0.1, -0.05) is 11.6 Å². The summed E-state index contributed by atoms with van der Waals surface area (Å²) in [7, 11) is 0. The molecule has 4 N–H and O–H groups in total. The van der Waals surface area contributed by atoms with E-state index in [2.05, 4.69) is 20.7 Å². The van der Waals surface area contributed by atoms with E-state index in [-0.39, 0.29) is 11.5 Å². The summed E-state index contributed by atoms with van der Waals surface area (Å²) >= 11 is 5.71. The number of nitrogens with zero attached hydrogens (tertiary/aromatic N) is 2. The summed E-state index contributed by atoms with van der Waals surface area (Å²) in [4.78, 5) is 11.6. The molecule has 1 aromatic heterocycles. The summed E-state index contributed by atoms with van der Waals surface area (Å²) in [6, 6.07) is 6.69. The highest BCUT2D eigenvalue weighted by Crippen LogP contribution is 2.14. The number of hydrogen-bond acceptors (Lipinski definition) is 4. The second-order valence-corrected chi connectivity index (χ2v) is 3.45. The Kier molecular flexibility index (Phi) is 2.74. The molecule has 2 rings (SSSR count). The first-order chi connectivity index (χ1) is 7.66. The van der Waals surface area contributed by atoms with Crippen LogP contribution in [0.4, 0.5) is 11.5 Å². The molecule has 82 valence electrons. The summed E-state index contributed by atoms with van der Waals surface area (Å²) in [6.07, 6.45) is 0. The molecule has 0 bridgehead atoms. The second kappa shape index (κ2) is 4.19. The van der Waals surface area contributed by atoms with Gasteiger partial charge in [0.05, 0.1) is 0 Å². The smallest absolute Gasteiger partial charge is 0.280 e. The SMILES string of the molecule is Nc1n[nH]nc1C(=O)Nc1ccc(Cl)cc1. The predicted molar refractivity (Wildman–Crippen MR) is 60.2 cm³/mol. The van der Waals surface area contributed by atoms with Crippen LogP contribution in [0.3, 0.4) is 0 Å². The third-order valence-electron chi connectivity index (χ3n) is 1.89. The number of nitrogen functional groups attached to an aromatic ring is 1. The maximum Gasteiger partial charge on any atom is 0.280 e. The average molecular weight is 238 g/mol. The number of carbonyl (C=O) groups excluding carboxylic acids is 1. The van der Waals surface area contributed by atoms with E-state index in [9.17, 15) is 4.79 Å². The van der Waals surface area contributed by atoms with E-state index in [0.29, 0.717) is 10.7 Å². The standard InChI is InChI=1S/C9H8ClN5O/c10-5-1-3-6(4-2-5)12-9(16)7-8(11)14-15-13-7/h1-4H,(H,12,16)(H3,11,13,14,15). The third kappa shape index (κ3) is 2.12. The summed E-state index contributed by atoms with van der Waals surface area (Å²) < 4.78 is 0. The molecule has 0 fully saturated rings. The zero-order valence-electron chi connectivity index (χ0n) is 8.07. The zero-order valence-corrected chi connectivity index (χ0v) is 8.82. The number of halogens is 1. The van der Waals surface area contributed by atoms with Crippen LogP contribution in [0, 0.1) is 0 Å². The first-order valence-electron chi connectivity index (χ1n) is 4.40. The zero-order chi connectivity index (χ0) is 11.5. The molecule has 7 heteroatoms. The van der Waals surface area contributed by atoms with Crippen molar-refractivity contribution in [1.82, 2.24) is 15.4 Å². The number of benzene rings is 1. The van der Waals surface area contributed by atoms with Crippen molar-refractivity contribution in [3.05, 3.63) is 35.0 Å². The van der Waals surface area contributed by atoms with Crippen LogP contribution in [-0.2, 0) is 0 Å². The molecule has 0 aliphatic carbocycles. The molecule has 0 saturated heterocycles. The van der Waals surface area contributed by atoms with Crippen molar-refractivity contribution in [2.45, 2.75) is 0 Å². The molecule has 2 aromatic rings. The fourth-order valence-corrected chi connectivity index (χ4v) is 1.26. The molecular formula is C9H8ClN5O. The Balaban J connectivity index is 2.14. The van der Waals surface area contributed by atoms with Gasteiger partial charge in [-0.15, -0.1) is 10.2 Å². The molecule has 0 unspecified atom stereocenters. The van der Waals surface area contributed by atoms with Crippen LogP contribution in [0.15, 0.2) is 24.3 Å². The van der Waals surface area contributed by atoms with Crippen molar-refractivity contribution in [2.24, 2.45) is 0 Å². The first-order valence-corrected chi connectivity index (χ1v) is 4.78. The minimum Gasteiger partial charge on any atom is -0.380 e. The van der Waals surface area contributed by atoms with Gasteiger partial charge in [0.15, 0.2) is 11.5 Å². The van der Waals surface area contributed by atoms with Crippen LogP contribution in [0.25, 0.3) is 0 Å². The second-order valence-electron chi connectivity index (χ2n) is 3.02. The minimum absolute atomic E-state index is 0.0615. The normalized spacial score (nSPS) is 10.1. The lowest BCUT2D eigenvalue weighted by atomic mass is 10.3. The Labute approximate surface area is 95.8 Å². The Morgan fingerprint density at radius 1 is 1.31 bits per heavy atom. The number of hydrogen-bond donors (Lipinski definition) is 3. The van der Waals surface area contributed by atoms with Gasteiger partial charge in [0, 0.05) is 10.7 Å². The Bertz CT molecular complexity index is 507. The van der Waals surface area contributed by atoms with Gasteiger partial charge in [-0.25, -0.2) is 0 Å². The van der Waals surface area contributed by atoms with Crippen LogP contribution in [-0.4, -0.2) is 21.3 Å². The summed E-state index contributed by atoms with van der Waals surface area (Å²) in [5.41, 5.74) is 6.11. The largest absolute Gasteiger partial charge is 0.380 e. The van der Waals surface area contributed by atoms with Gasteiger partial charge in [-0.05, 0) is 24.3 Å². The Hall–Kier alpha value is -2.08. The Morgan fingerprint density at radius 2 is 2.00 bits per heavy atom. The van der Waals surface area contributed by atoms with E-state index < -0.39 is 5.91 Å². The van der Waals surface area contributed by atoms with Crippen molar-refractivity contribution in [3.8, 4) is 0 Å². The van der Waals surface area contributed by atoms with Gasteiger partial charge < -0.3 is 11.1 Å². The van der Waals surface area contributed by atoms with Gasteiger partial charge in [0.2, 0.25) is 0 Å². The molecule has 1 amide bonds. The molecule has 6 nitrogen and oxygen atoms in total. The summed E-state index contributed by atoms with van der Waals surface area (Å²) in [5.74, 6) is -0.361. The van der Waals surface area contributed by atoms with E-state index in [0.717, 1.165) is 0 Å². The van der Waals surface area contributed by atoms with Crippen LogP contribution >= 0.6 is 11.6 Å². The van der Waals surface area contributed by atoms with E-state index >= 15 is 0 Å². The predicted octanol–water partition coefficient (Wildman–Crippen LogP) is 1.29. The van der Waals surface area contributed by atoms with Crippen molar-refractivity contribution in [1.29, 1.82) is 0 Å². The van der Waals surface area contributed by atoms with Crippen molar-refractivity contribution >= 4 is 29.0 Å². The lowest BCUT2D eigenvalue weighted by Gasteiger charge is -2.02. The van der Waals surface area contributed by atoms with E-state index in [1.807, 2.05) is 0 Å². The van der Waals surface area contributed by atoms with E-state index in [1.165, 1.54) is 0 Å². The molecule has 0 saturated carbocycles. The molecule has 16 heavy (non-hydrogen) atoms. The number of H-pyrrole nitrogens is 1. The number of rotatable bonds is 2. The molecule has 0 aliphatic heterocycles. The van der Waals surface area contributed by atoms with Crippen LogP contribution in [0.5, 0.6) is 0 Å². The molecule has 0 aliphatic rings. The topological polar surface area (TPSA) is 96.7 Å². The molecule has 0 spiro atoms. The van der Waals surface area contributed by atoms with Gasteiger partial charge in [-0.2, -0.15) is 5.21 Å². The molecule has 0 radical (unpaired) electrons. The highest BCUT2D eigenvalue weighted by molar-refractivity contribution is 6.30. The molecule has 1 heterocycles. The van der Waals surface area contributed by atoms with Gasteiger partial charge >= 0.3 is 0 Å². The summed E-state index contributed by atoms with van der Waals surface area (Å²) in [6.45, 7) is 0. The number of nitrogens with two attached hydrogens (primary N) is 1. The lowest BCUT2D eigenvalue weighted by Crippen LogP contribution is -2.14. The number of aromatic nitrogens is 3. The maximum atomic E-state index is 11.6. The third-order valence-corrected chi connectivity index (χ3v) is 2.14. The number of nitrogens with one attached hydrogen (secondary N) is 2. The molecule has 0 atom stereocenters. The fraction of sp³-hybridized carbons (Fsp3) is 0. The van der Waals surface area contributed by atoms with Crippen LogP contribution < -0.4 is 11.1 Å². The Morgan fingerprint density at radius 3 is 2.56 bits per heavy atom. The fourth-order valence-electron chi connectivity index (χ4n) is 1.13. The number of anilines is 2.